The average molecular weight is 146 g/mol. The van der Waals surface area contributed by atoms with Gasteiger partial charge in [0.2, 0.25) is 0 Å². The third-order valence-corrected chi connectivity index (χ3v) is 1.15. The van der Waals surface area contributed by atoms with Gasteiger partial charge in [-0.25, -0.2) is 0 Å². The van der Waals surface area contributed by atoms with Crippen molar-refractivity contribution < 1.29 is 9.53 Å². The van der Waals surface area contributed by atoms with Crippen LogP contribution in [-0.4, -0.2) is 18.3 Å². The van der Waals surface area contributed by atoms with Crippen molar-refractivity contribution in [3.63, 3.8) is 0 Å². The molecule has 0 aliphatic rings. The molecule has 0 unspecified atom stereocenters. The molecule has 3 heteroatoms. The second-order valence-corrected chi connectivity index (χ2v) is 2.00. The molecule has 0 saturated carbocycles. The molecule has 0 bridgehead atoms. The SMILES string of the molecule is C=C(CS)COC(C)=O. The zero-order valence-electron chi connectivity index (χ0n) is 5.39. The molecular weight excluding hydrogens is 136 g/mol. The second-order valence-electron chi connectivity index (χ2n) is 1.69. The minimum Gasteiger partial charge on any atom is -0.461 e. The topological polar surface area (TPSA) is 26.3 Å². The molecule has 0 spiro atoms. The first-order valence-corrected chi connectivity index (χ1v) is 3.21. The normalized spacial score (nSPS) is 8.67. The Hall–Kier alpha value is -0.440. The number of hydrogen-bond acceptors (Lipinski definition) is 3. The third-order valence-electron chi connectivity index (χ3n) is 0.703. The van der Waals surface area contributed by atoms with Gasteiger partial charge in [0.1, 0.15) is 6.61 Å². The molecule has 0 aromatic carbocycles. The molecule has 0 saturated heterocycles. The first kappa shape index (κ1) is 8.56. The number of carbonyl (C=O) groups is 1. The van der Waals surface area contributed by atoms with Gasteiger partial charge in [0.15, 0.2) is 0 Å². The molecule has 2 nitrogen and oxygen atoms in total. The summed E-state index contributed by atoms with van der Waals surface area (Å²) in [5, 5.41) is 0. The summed E-state index contributed by atoms with van der Waals surface area (Å²) in [6.07, 6.45) is 0. The Morgan fingerprint density at radius 3 is 2.67 bits per heavy atom. The average Bonchev–Trinajstić information content (AvgIpc) is 1.83. The van der Waals surface area contributed by atoms with E-state index in [9.17, 15) is 4.79 Å². The third kappa shape index (κ3) is 5.43. The Morgan fingerprint density at radius 1 is 1.78 bits per heavy atom. The Kier molecular flexibility index (Phi) is 4.22. The van der Waals surface area contributed by atoms with Crippen LogP contribution in [-0.2, 0) is 9.53 Å². The van der Waals surface area contributed by atoms with Crippen molar-refractivity contribution in [2.75, 3.05) is 12.4 Å². The van der Waals surface area contributed by atoms with Crippen molar-refractivity contribution in [3.8, 4) is 0 Å². The zero-order valence-corrected chi connectivity index (χ0v) is 6.28. The Balaban J connectivity index is 3.28. The van der Waals surface area contributed by atoms with E-state index in [0.717, 1.165) is 5.57 Å². The smallest absolute Gasteiger partial charge is 0.302 e. The summed E-state index contributed by atoms with van der Waals surface area (Å²) in [6, 6.07) is 0. The summed E-state index contributed by atoms with van der Waals surface area (Å²) < 4.78 is 4.61. The lowest BCUT2D eigenvalue weighted by Gasteiger charge is -2.00. The first-order valence-electron chi connectivity index (χ1n) is 2.57. The lowest BCUT2D eigenvalue weighted by Crippen LogP contribution is -2.02. The molecule has 0 amide bonds. The maximum absolute atomic E-state index is 10.2. The summed E-state index contributed by atoms with van der Waals surface area (Å²) in [5.74, 6) is 0.283. The number of thiol groups is 1. The van der Waals surface area contributed by atoms with E-state index in [1.165, 1.54) is 6.92 Å². The maximum atomic E-state index is 10.2. The second kappa shape index (κ2) is 4.44. The molecule has 0 aliphatic heterocycles. The highest BCUT2D eigenvalue weighted by Crippen LogP contribution is 1.93. The quantitative estimate of drug-likeness (QED) is 0.366. The summed E-state index contributed by atoms with van der Waals surface area (Å²) in [4.78, 5) is 10.2. The van der Waals surface area contributed by atoms with Gasteiger partial charge in [-0.3, -0.25) is 4.79 Å². The highest BCUT2D eigenvalue weighted by atomic mass is 32.1. The maximum Gasteiger partial charge on any atom is 0.302 e. The van der Waals surface area contributed by atoms with Crippen LogP contribution in [0.1, 0.15) is 6.92 Å². The van der Waals surface area contributed by atoms with Gasteiger partial charge in [-0.1, -0.05) is 6.58 Å². The molecule has 52 valence electrons. The van der Waals surface area contributed by atoms with Crippen LogP contribution in [0.4, 0.5) is 0 Å². The van der Waals surface area contributed by atoms with Gasteiger partial charge in [0.05, 0.1) is 0 Å². The van der Waals surface area contributed by atoms with Crippen molar-refractivity contribution >= 4 is 18.6 Å². The molecule has 0 aliphatic carbocycles. The molecule has 0 fully saturated rings. The van der Waals surface area contributed by atoms with Gasteiger partial charge in [-0.2, -0.15) is 12.6 Å². The summed E-state index contributed by atoms with van der Waals surface area (Å²) in [7, 11) is 0. The number of hydrogen-bond donors (Lipinski definition) is 1. The van der Waals surface area contributed by atoms with Crippen molar-refractivity contribution in [1.82, 2.24) is 0 Å². The van der Waals surface area contributed by atoms with Crippen molar-refractivity contribution in [2.24, 2.45) is 0 Å². The van der Waals surface area contributed by atoms with Gasteiger partial charge in [-0.15, -0.1) is 0 Å². The molecule has 0 aromatic rings. The summed E-state index contributed by atoms with van der Waals surface area (Å²) in [5.41, 5.74) is 0.813. The predicted molar refractivity (Wildman–Crippen MR) is 39.6 cm³/mol. The van der Waals surface area contributed by atoms with Crippen LogP contribution in [0.3, 0.4) is 0 Å². The minimum absolute atomic E-state index is 0.280. The van der Waals surface area contributed by atoms with Gasteiger partial charge >= 0.3 is 5.97 Å². The van der Waals surface area contributed by atoms with Gasteiger partial charge in [0.25, 0.3) is 0 Å². The first-order chi connectivity index (χ1) is 4.16. The van der Waals surface area contributed by atoms with Crippen molar-refractivity contribution in [3.05, 3.63) is 12.2 Å². The number of rotatable bonds is 3. The standard InChI is InChI=1S/C6H10O2S/c1-5(4-9)3-8-6(2)7/h9H,1,3-4H2,2H3. The lowest BCUT2D eigenvalue weighted by molar-refractivity contribution is -0.139. The monoisotopic (exact) mass is 146 g/mol. The number of ether oxygens (including phenoxy) is 1. The highest BCUT2D eigenvalue weighted by molar-refractivity contribution is 7.80. The molecule has 0 N–H and O–H groups in total. The fourth-order valence-electron chi connectivity index (χ4n) is 0.249. The van der Waals surface area contributed by atoms with Crippen LogP contribution in [0.2, 0.25) is 0 Å². The van der Waals surface area contributed by atoms with E-state index in [1.807, 2.05) is 0 Å². The van der Waals surface area contributed by atoms with Crippen molar-refractivity contribution in [1.29, 1.82) is 0 Å². The van der Waals surface area contributed by atoms with E-state index in [0.29, 0.717) is 12.4 Å². The van der Waals surface area contributed by atoms with Crippen LogP contribution < -0.4 is 0 Å². The van der Waals surface area contributed by atoms with Crippen LogP contribution in [0.25, 0.3) is 0 Å². The van der Waals surface area contributed by atoms with E-state index < -0.39 is 0 Å². The van der Waals surface area contributed by atoms with Gasteiger partial charge in [-0.05, 0) is 5.57 Å². The van der Waals surface area contributed by atoms with Crippen LogP contribution in [0.15, 0.2) is 12.2 Å². The van der Waals surface area contributed by atoms with Crippen LogP contribution in [0, 0.1) is 0 Å². The van der Waals surface area contributed by atoms with Crippen LogP contribution in [0.5, 0.6) is 0 Å². The summed E-state index contributed by atoms with van der Waals surface area (Å²) >= 11 is 3.93. The fourth-order valence-corrected chi connectivity index (χ4v) is 0.341. The largest absolute Gasteiger partial charge is 0.461 e. The molecular formula is C6H10O2S. The fraction of sp³-hybridized carbons (Fsp3) is 0.500. The predicted octanol–water partition coefficient (Wildman–Crippen LogP) is 1.04. The van der Waals surface area contributed by atoms with Crippen LogP contribution >= 0.6 is 12.6 Å². The Morgan fingerprint density at radius 2 is 2.33 bits per heavy atom. The molecule has 0 atom stereocenters. The molecule has 0 aromatic heterocycles. The van der Waals surface area contributed by atoms with E-state index in [-0.39, 0.29) is 5.97 Å². The number of esters is 1. The van der Waals surface area contributed by atoms with Crippen molar-refractivity contribution in [2.45, 2.75) is 6.92 Å². The summed E-state index contributed by atoms with van der Waals surface area (Å²) in [6.45, 7) is 5.25. The van der Waals surface area contributed by atoms with E-state index in [1.54, 1.807) is 0 Å². The van der Waals surface area contributed by atoms with E-state index in [4.69, 9.17) is 0 Å². The Bertz CT molecular complexity index is 120. The molecule has 9 heavy (non-hydrogen) atoms. The van der Waals surface area contributed by atoms with Gasteiger partial charge in [0, 0.05) is 12.7 Å². The van der Waals surface area contributed by atoms with E-state index >= 15 is 0 Å². The lowest BCUT2D eigenvalue weighted by atomic mass is 10.4. The number of carbonyl (C=O) groups excluding carboxylic acids is 1. The molecule has 0 radical (unpaired) electrons. The molecule has 0 heterocycles. The minimum atomic E-state index is -0.280. The van der Waals surface area contributed by atoms with E-state index in [2.05, 4.69) is 23.9 Å². The van der Waals surface area contributed by atoms with Gasteiger partial charge < -0.3 is 4.74 Å². The highest BCUT2D eigenvalue weighted by Gasteiger charge is 1.93. The molecule has 0 rings (SSSR count). The zero-order chi connectivity index (χ0) is 7.28. The Labute approximate surface area is 60.3 Å².